The van der Waals surface area contributed by atoms with E-state index in [1.165, 1.54) is 6.42 Å². The molecule has 0 aliphatic heterocycles. The summed E-state index contributed by atoms with van der Waals surface area (Å²) in [6.45, 7) is 9.70. The molecule has 17 heavy (non-hydrogen) atoms. The number of aromatic nitrogens is 3. The van der Waals surface area contributed by atoms with E-state index in [2.05, 4.69) is 36.3 Å². The van der Waals surface area contributed by atoms with E-state index in [9.17, 15) is 0 Å². The minimum absolute atomic E-state index is 0.548. The van der Waals surface area contributed by atoms with Gasteiger partial charge < -0.3 is 9.88 Å². The summed E-state index contributed by atoms with van der Waals surface area (Å²) in [5.74, 6) is 2.71. The van der Waals surface area contributed by atoms with Gasteiger partial charge in [0.25, 0.3) is 0 Å². The maximum absolute atomic E-state index is 4.18. The van der Waals surface area contributed by atoms with Crippen LogP contribution in [0.3, 0.4) is 0 Å². The van der Waals surface area contributed by atoms with Crippen molar-refractivity contribution in [3.05, 3.63) is 5.82 Å². The van der Waals surface area contributed by atoms with Gasteiger partial charge in [0.1, 0.15) is 5.82 Å². The van der Waals surface area contributed by atoms with Crippen molar-refractivity contribution in [3.8, 4) is 0 Å². The van der Waals surface area contributed by atoms with Crippen LogP contribution in [0.5, 0.6) is 0 Å². The second-order valence-electron chi connectivity index (χ2n) is 4.45. The van der Waals surface area contributed by atoms with Gasteiger partial charge in [0, 0.05) is 18.8 Å². The Kier molecular flexibility index (Phi) is 5.98. The smallest absolute Gasteiger partial charge is 0.190 e. The molecule has 1 aromatic rings. The lowest BCUT2D eigenvalue weighted by molar-refractivity contribution is 0.403. The lowest BCUT2D eigenvalue weighted by Gasteiger charge is -2.23. The van der Waals surface area contributed by atoms with E-state index in [1.54, 1.807) is 11.8 Å². The van der Waals surface area contributed by atoms with Gasteiger partial charge >= 0.3 is 0 Å². The molecule has 0 saturated carbocycles. The highest BCUT2D eigenvalue weighted by Gasteiger charge is 2.16. The van der Waals surface area contributed by atoms with Crippen molar-refractivity contribution in [1.29, 1.82) is 0 Å². The zero-order chi connectivity index (χ0) is 12.8. The third-order valence-electron chi connectivity index (χ3n) is 3.24. The molecular formula is C12H24N4S. The third-order valence-corrected chi connectivity index (χ3v) is 4.38. The number of thioether (sulfide) groups is 1. The van der Waals surface area contributed by atoms with E-state index in [0.29, 0.717) is 12.0 Å². The van der Waals surface area contributed by atoms with Gasteiger partial charge in [-0.25, -0.2) is 0 Å². The molecule has 1 aromatic heterocycles. The monoisotopic (exact) mass is 256 g/mol. The first kappa shape index (κ1) is 14.5. The second-order valence-corrected chi connectivity index (χ2v) is 5.44. The minimum atomic E-state index is 0.548. The molecule has 1 heterocycles. The van der Waals surface area contributed by atoms with Crippen molar-refractivity contribution < 1.29 is 0 Å². The van der Waals surface area contributed by atoms with Gasteiger partial charge in [-0.2, -0.15) is 0 Å². The SMILES string of the molecule is CCNC(CSc1nnc(C)n1C)C(C)CC. The first-order chi connectivity index (χ1) is 8.10. The van der Waals surface area contributed by atoms with Crippen LogP contribution in [0.1, 0.15) is 33.0 Å². The Morgan fingerprint density at radius 2 is 2.06 bits per heavy atom. The summed E-state index contributed by atoms with van der Waals surface area (Å²) >= 11 is 1.79. The summed E-state index contributed by atoms with van der Waals surface area (Å²) in [4.78, 5) is 0. The maximum atomic E-state index is 4.18. The summed E-state index contributed by atoms with van der Waals surface area (Å²) in [5.41, 5.74) is 0. The Balaban J connectivity index is 2.54. The molecule has 0 bridgehead atoms. The number of nitrogens with one attached hydrogen (secondary N) is 1. The Morgan fingerprint density at radius 3 is 2.53 bits per heavy atom. The summed E-state index contributed by atoms with van der Waals surface area (Å²) in [6.07, 6.45) is 1.20. The Labute approximate surface area is 109 Å². The van der Waals surface area contributed by atoms with E-state index in [4.69, 9.17) is 0 Å². The zero-order valence-electron chi connectivity index (χ0n) is 11.5. The van der Waals surface area contributed by atoms with Crippen molar-refractivity contribution >= 4 is 11.8 Å². The molecule has 1 rings (SSSR count). The van der Waals surface area contributed by atoms with Gasteiger partial charge in [0.15, 0.2) is 5.16 Å². The Morgan fingerprint density at radius 1 is 1.35 bits per heavy atom. The molecular weight excluding hydrogens is 232 g/mol. The summed E-state index contributed by atoms with van der Waals surface area (Å²) < 4.78 is 2.05. The molecule has 0 aliphatic carbocycles. The highest BCUT2D eigenvalue weighted by molar-refractivity contribution is 7.99. The van der Waals surface area contributed by atoms with Crippen molar-refractivity contribution in [2.45, 2.75) is 45.3 Å². The summed E-state index contributed by atoms with van der Waals surface area (Å²) in [6, 6.07) is 0.548. The van der Waals surface area contributed by atoms with Gasteiger partial charge in [0.2, 0.25) is 0 Å². The number of nitrogens with zero attached hydrogens (tertiary/aromatic N) is 3. The van der Waals surface area contributed by atoms with Crippen LogP contribution in [-0.2, 0) is 7.05 Å². The van der Waals surface area contributed by atoms with Crippen LogP contribution in [0.25, 0.3) is 0 Å². The van der Waals surface area contributed by atoms with Crippen LogP contribution >= 0.6 is 11.8 Å². The minimum Gasteiger partial charge on any atom is -0.313 e. The van der Waals surface area contributed by atoms with E-state index in [0.717, 1.165) is 23.3 Å². The fourth-order valence-corrected chi connectivity index (χ4v) is 2.85. The lowest BCUT2D eigenvalue weighted by atomic mass is 10.0. The molecule has 2 unspecified atom stereocenters. The van der Waals surface area contributed by atoms with E-state index < -0.39 is 0 Å². The van der Waals surface area contributed by atoms with E-state index >= 15 is 0 Å². The first-order valence-corrected chi connectivity index (χ1v) is 7.30. The van der Waals surface area contributed by atoms with Crippen molar-refractivity contribution in [3.63, 3.8) is 0 Å². The number of hydrogen-bond donors (Lipinski definition) is 1. The molecule has 4 nitrogen and oxygen atoms in total. The fraction of sp³-hybridized carbons (Fsp3) is 0.833. The molecule has 98 valence electrons. The lowest BCUT2D eigenvalue weighted by Crippen LogP contribution is -2.36. The van der Waals surface area contributed by atoms with Gasteiger partial charge in [-0.05, 0) is 19.4 Å². The van der Waals surface area contributed by atoms with Crippen molar-refractivity contribution in [2.75, 3.05) is 12.3 Å². The average molecular weight is 256 g/mol. The molecule has 0 aliphatic rings. The number of hydrogen-bond acceptors (Lipinski definition) is 4. The first-order valence-electron chi connectivity index (χ1n) is 6.32. The normalized spacial score (nSPS) is 14.9. The van der Waals surface area contributed by atoms with Crippen LogP contribution < -0.4 is 5.32 Å². The molecule has 5 heteroatoms. The molecule has 1 N–H and O–H groups in total. The van der Waals surface area contributed by atoms with Gasteiger partial charge in [0.05, 0.1) is 0 Å². The van der Waals surface area contributed by atoms with Gasteiger partial charge in [-0.15, -0.1) is 10.2 Å². The van der Waals surface area contributed by atoms with Crippen molar-refractivity contribution in [1.82, 2.24) is 20.1 Å². The van der Waals surface area contributed by atoms with Gasteiger partial charge in [-0.3, -0.25) is 0 Å². The summed E-state index contributed by atoms with van der Waals surface area (Å²) in [7, 11) is 2.02. The molecule has 0 fully saturated rings. The predicted octanol–water partition coefficient (Wildman–Crippen LogP) is 2.24. The predicted molar refractivity (Wildman–Crippen MR) is 73.4 cm³/mol. The van der Waals surface area contributed by atoms with E-state index in [1.807, 2.05) is 18.5 Å². The Bertz CT molecular complexity index is 337. The largest absolute Gasteiger partial charge is 0.313 e. The van der Waals surface area contributed by atoms with Crippen LogP contribution in [0, 0.1) is 12.8 Å². The molecule has 2 atom stereocenters. The van der Waals surface area contributed by atoms with Crippen LogP contribution in [0.2, 0.25) is 0 Å². The maximum Gasteiger partial charge on any atom is 0.190 e. The standard InChI is InChI=1S/C12H24N4S/c1-6-9(3)11(13-7-2)8-17-12-15-14-10(4)16(12)5/h9,11,13H,6-8H2,1-5H3. The third kappa shape index (κ3) is 4.00. The Hall–Kier alpha value is -0.550. The highest BCUT2D eigenvalue weighted by atomic mass is 32.2. The van der Waals surface area contributed by atoms with Crippen LogP contribution in [0.4, 0.5) is 0 Å². The molecule has 0 spiro atoms. The fourth-order valence-electron chi connectivity index (χ4n) is 1.65. The number of aryl methyl sites for hydroxylation is 1. The summed E-state index contributed by atoms with van der Waals surface area (Å²) in [5, 5.41) is 12.8. The van der Waals surface area contributed by atoms with E-state index in [-0.39, 0.29) is 0 Å². The number of rotatable bonds is 7. The van der Waals surface area contributed by atoms with Crippen LogP contribution in [-0.4, -0.2) is 33.1 Å². The highest BCUT2D eigenvalue weighted by Crippen LogP contribution is 2.20. The van der Waals surface area contributed by atoms with Gasteiger partial charge in [-0.1, -0.05) is 39.0 Å². The molecule has 0 radical (unpaired) electrons. The topological polar surface area (TPSA) is 42.7 Å². The molecule has 0 amide bonds. The zero-order valence-corrected chi connectivity index (χ0v) is 12.3. The molecule has 0 saturated heterocycles. The second kappa shape index (κ2) is 7.01. The molecule has 0 aromatic carbocycles. The van der Waals surface area contributed by atoms with Crippen LogP contribution in [0.15, 0.2) is 5.16 Å². The van der Waals surface area contributed by atoms with Crippen molar-refractivity contribution in [2.24, 2.45) is 13.0 Å². The quantitative estimate of drug-likeness (QED) is 0.760. The average Bonchev–Trinajstić information content (AvgIpc) is 2.65.